The summed E-state index contributed by atoms with van der Waals surface area (Å²) in [5, 5.41) is 3.21. The van der Waals surface area contributed by atoms with Crippen LogP contribution in [0.1, 0.15) is 23.0 Å². The molecule has 1 N–H and O–H groups in total. The molecular formula is C23H26N4O2. The van der Waals surface area contributed by atoms with E-state index in [1.54, 1.807) is 18.1 Å². The standard InChI is InChI=1S/C23H26N4O2/c1-3-27(17-18-10-6-4-7-11-18)23(28)20-16-21(24-14-15-29-2)26-22(25-20)19-12-8-5-9-13-19/h4-13,16H,3,14-15,17H2,1-2H3,(H,24,25,26). The van der Waals surface area contributed by atoms with E-state index in [4.69, 9.17) is 4.74 Å². The first-order chi connectivity index (χ1) is 14.2. The van der Waals surface area contributed by atoms with Crippen LogP contribution in [0.25, 0.3) is 11.4 Å². The molecule has 0 bridgehead atoms. The Balaban J connectivity index is 1.90. The van der Waals surface area contributed by atoms with Crippen molar-refractivity contribution in [3.05, 3.63) is 78.0 Å². The third kappa shape index (κ3) is 5.62. The van der Waals surface area contributed by atoms with E-state index >= 15 is 0 Å². The highest BCUT2D eigenvalue weighted by molar-refractivity contribution is 5.93. The number of ether oxygens (including phenoxy) is 1. The van der Waals surface area contributed by atoms with Gasteiger partial charge in [-0.05, 0) is 12.5 Å². The molecule has 0 spiro atoms. The van der Waals surface area contributed by atoms with Gasteiger partial charge in [0.05, 0.1) is 6.61 Å². The van der Waals surface area contributed by atoms with Gasteiger partial charge in [-0.15, -0.1) is 0 Å². The molecule has 0 fully saturated rings. The monoisotopic (exact) mass is 390 g/mol. The average Bonchev–Trinajstić information content (AvgIpc) is 2.78. The third-order valence-corrected chi connectivity index (χ3v) is 4.47. The van der Waals surface area contributed by atoms with Crippen LogP contribution in [0.4, 0.5) is 5.82 Å². The van der Waals surface area contributed by atoms with Crippen molar-refractivity contribution < 1.29 is 9.53 Å². The minimum atomic E-state index is -0.120. The van der Waals surface area contributed by atoms with Gasteiger partial charge < -0.3 is 15.0 Å². The molecule has 3 rings (SSSR count). The van der Waals surface area contributed by atoms with Crippen molar-refractivity contribution in [2.24, 2.45) is 0 Å². The van der Waals surface area contributed by atoms with Gasteiger partial charge in [0, 0.05) is 38.4 Å². The smallest absolute Gasteiger partial charge is 0.272 e. The fourth-order valence-electron chi connectivity index (χ4n) is 2.94. The summed E-state index contributed by atoms with van der Waals surface area (Å²) in [7, 11) is 1.65. The summed E-state index contributed by atoms with van der Waals surface area (Å²) >= 11 is 0. The molecular weight excluding hydrogens is 364 g/mol. The highest BCUT2D eigenvalue weighted by Gasteiger charge is 2.19. The van der Waals surface area contributed by atoms with Crippen LogP contribution >= 0.6 is 0 Å². The predicted octanol–water partition coefficient (Wildman–Crippen LogP) is 3.86. The molecule has 1 amide bonds. The number of anilines is 1. The quantitative estimate of drug-likeness (QED) is 0.562. The van der Waals surface area contributed by atoms with Crippen LogP contribution < -0.4 is 5.32 Å². The molecule has 29 heavy (non-hydrogen) atoms. The Bertz CT molecular complexity index is 917. The van der Waals surface area contributed by atoms with Gasteiger partial charge in [-0.2, -0.15) is 0 Å². The van der Waals surface area contributed by atoms with Gasteiger partial charge in [-0.3, -0.25) is 4.79 Å². The second kappa shape index (κ2) is 10.3. The number of aromatic nitrogens is 2. The van der Waals surface area contributed by atoms with Gasteiger partial charge in [0.1, 0.15) is 11.5 Å². The number of nitrogens with one attached hydrogen (secondary N) is 1. The molecule has 6 heteroatoms. The van der Waals surface area contributed by atoms with E-state index in [2.05, 4.69) is 15.3 Å². The molecule has 0 unspecified atom stereocenters. The fraction of sp³-hybridized carbons (Fsp3) is 0.261. The molecule has 0 saturated carbocycles. The van der Waals surface area contributed by atoms with Gasteiger partial charge in [-0.1, -0.05) is 60.7 Å². The molecule has 0 aliphatic heterocycles. The highest BCUT2D eigenvalue weighted by Crippen LogP contribution is 2.19. The first-order valence-electron chi connectivity index (χ1n) is 9.71. The van der Waals surface area contributed by atoms with Crippen molar-refractivity contribution in [3.8, 4) is 11.4 Å². The minimum absolute atomic E-state index is 0.120. The van der Waals surface area contributed by atoms with E-state index in [9.17, 15) is 4.79 Å². The molecule has 0 atom stereocenters. The number of hydrogen-bond acceptors (Lipinski definition) is 5. The Labute approximate surface area is 171 Å². The molecule has 0 aliphatic carbocycles. The number of carbonyl (C=O) groups excluding carboxylic acids is 1. The second-order valence-electron chi connectivity index (χ2n) is 6.55. The van der Waals surface area contributed by atoms with Crippen molar-refractivity contribution in [2.45, 2.75) is 13.5 Å². The summed E-state index contributed by atoms with van der Waals surface area (Å²) in [6.07, 6.45) is 0. The summed E-state index contributed by atoms with van der Waals surface area (Å²) in [6, 6.07) is 21.3. The zero-order chi connectivity index (χ0) is 20.5. The van der Waals surface area contributed by atoms with Gasteiger partial charge in [0.25, 0.3) is 5.91 Å². The summed E-state index contributed by atoms with van der Waals surface area (Å²) in [4.78, 5) is 24.2. The van der Waals surface area contributed by atoms with E-state index < -0.39 is 0 Å². The van der Waals surface area contributed by atoms with E-state index in [1.165, 1.54) is 0 Å². The number of amides is 1. The zero-order valence-corrected chi connectivity index (χ0v) is 16.8. The maximum atomic E-state index is 13.2. The molecule has 6 nitrogen and oxygen atoms in total. The lowest BCUT2D eigenvalue weighted by Crippen LogP contribution is -2.31. The fourth-order valence-corrected chi connectivity index (χ4v) is 2.94. The third-order valence-electron chi connectivity index (χ3n) is 4.47. The molecule has 0 aliphatic rings. The van der Waals surface area contributed by atoms with Crippen molar-refractivity contribution in [1.82, 2.24) is 14.9 Å². The average molecular weight is 390 g/mol. The van der Waals surface area contributed by atoms with E-state index in [0.29, 0.717) is 43.6 Å². The van der Waals surface area contributed by atoms with Crippen LogP contribution in [0.5, 0.6) is 0 Å². The summed E-state index contributed by atoms with van der Waals surface area (Å²) < 4.78 is 5.10. The van der Waals surface area contributed by atoms with E-state index in [0.717, 1.165) is 11.1 Å². The second-order valence-corrected chi connectivity index (χ2v) is 6.55. The lowest BCUT2D eigenvalue weighted by atomic mass is 10.2. The lowest BCUT2D eigenvalue weighted by Gasteiger charge is -2.21. The summed E-state index contributed by atoms with van der Waals surface area (Å²) in [5.41, 5.74) is 2.32. The zero-order valence-electron chi connectivity index (χ0n) is 16.8. The number of hydrogen-bond donors (Lipinski definition) is 1. The topological polar surface area (TPSA) is 67.4 Å². The summed E-state index contributed by atoms with van der Waals surface area (Å²) in [6.45, 7) is 4.23. The van der Waals surface area contributed by atoms with Crippen molar-refractivity contribution in [1.29, 1.82) is 0 Å². The SMILES string of the molecule is CCN(Cc1ccccc1)C(=O)c1cc(NCCOC)nc(-c2ccccc2)n1. The van der Waals surface area contributed by atoms with E-state index in [1.807, 2.05) is 67.6 Å². The highest BCUT2D eigenvalue weighted by atomic mass is 16.5. The van der Waals surface area contributed by atoms with Crippen molar-refractivity contribution >= 4 is 11.7 Å². The minimum Gasteiger partial charge on any atom is -0.383 e. The normalized spacial score (nSPS) is 10.6. The Morgan fingerprint density at radius 1 is 1.03 bits per heavy atom. The Hall–Kier alpha value is -3.25. The first kappa shape index (κ1) is 20.5. The molecule has 0 radical (unpaired) electrons. The molecule has 1 heterocycles. The van der Waals surface area contributed by atoms with Gasteiger partial charge in [0.15, 0.2) is 5.82 Å². The number of rotatable bonds is 9. The van der Waals surface area contributed by atoms with E-state index in [-0.39, 0.29) is 5.91 Å². The number of carbonyl (C=O) groups is 1. The molecule has 3 aromatic rings. The van der Waals surface area contributed by atoms with Crippen LogP contribution in [0.3, 0.4) is 0 Å². The number of benzene rings is 2. The van der Waals surface area contributed by atoms with Gasteiger partial charge in [0.2, 0.25) is 0 Å². The van der Waals surface area contributed by atoms with Crippen LogP contribution in [0.2, 0.25) is 0 Å². The predicted molar refractivity (Wildman–Crippen MR) is 115 cm³/mol. The van der Waals surface area contributed by atoms with Gasteiger partial charge >= 0.3 is 0 Å². The molecule has 0 saturated heterocycles. The van der Waals surface area contributed by atoms with Crippen LogP contribution in [0.15, 0.2) is 66.7 Å². The largest absolute Gasteiger partial charge is 0.383 e. The summed E-state index contributed by atoms with van der Waals surface area (Å²) in [5.74, 6) is 1.01. The maximum Gasteiger partial charge on any atom is 0.272 e. The number of methoxy groups -OCH3 is 1. The van der Waals surface area contributed by atoms with Crippen molar-refractivity contribution in [2.75, 3.05) is 32.1 Å². The Morgan fingerprint density at radius 3 is 2.38 bits per heavy atom. The van der Waals surface area contributed by atoms with Crippen molar-refractivity contribution in [3.63, 3.8) is 0 Å². The van der Waals surface area contributed by atoms with Crippen LogP contribution in [-0.2, 0) is 11.3 Å². The molecule has 2 aromatic carbocycles. The van der Waals surface area contributed by atoms with Gasteiger partial charge in [-0.25, -0.2) is 9.97 Å². The van der Waals surface area contributed by atoms with Crippen LogP contribution in [0, 0.1) is 0 Å². The Kier molecular flexibility index (Phi) is 7.30. The number of nitrogens with zero attached hydrogens (tertiary/aromatic N) is 3. The Morgan fingerprint density at radius 2 is 1.72 bits per heavy atom. The van der Waals surface area contributed by atoms with Crippen LogP contribution in [-0.4, -0.2) is 47.6 Å². The molecule has 1 aromatic heterocycles. The maximum absolute atomic E-state index is 13.2. The first-order valence-corrected chi connectivity index (χ1v) is 9.71. The molecule has 150 valence electrons. The lowest BCUT2D eigenvalue weighted by molar-refractivity contribution is 0.0746.